The van der Waals surface area contributed by atoms with Crippen LogP contribution in [0, 0.1) is 0 Å². The number of nitrogens with two attached hydrogens (primary N) is 1. The number of morpholine rings is 1. The summed E-state index contributed by atoms with van der Waals surface area (Å²) in [6, 6.07) is 12.3. The van der Waals surface area contributed by atoms with E-state index in [1.165, 1.54) is 6.33 Å². The predicted molar refractivity (Wildman–Crippen MR) is 153 cm³/mol. The molecule has 1 fully saturated rings. The van der Waals surface area contributed by atoms with Crippen LogP contribution < -0.4 is 10.5 Å². The molecule has 0 aliphatic carbocycles. The molecule has 40 heavy (non-hydrogen) atoms. The number of nitrogens with zero attached hydrogens (tertiary/aromatic N) is 8. The average molecular weight is 540 g/mol. The maximum atomic E-state index is 6.24. The van der Waals surface area contributed by atoms with E-state index in [0.717, 1.165) is 77.8 Å². The molecule has 0 unspecified atom stereocenters. The zero-order valence-corrected chi connectivity index (χ0v) is 23.0. The van der Waals surface area contributed by atoms with Crippen LogP contribution in [0.15, 0.2) is 61.4 Å². The molecule has 3 aromatic heterocycles. The number of anilines is 1. The monoisotopic (exact) mass is 539 g/mol. The fraction of sp³-hybridized carbons (Fsp3) is 0.345. The van der Waals surface area contributed by atoms with E-state index in [0.29, 0.717) is 6.61 Å². The number of hydrogen-bond donors (Lipinski definition) is 1. The van der Waals surface area contributed by atoms with Gasteiger partial charge in [-0.25, -0.2) is 24.6 Å². The van der Waals surface area contributed by atoms with E-state index in [1.54, 1.807) is 23.4 Å². The molecule has 6 rings (SSSR count). The molecule has 0 amide bonds. The molecule has 11 heteroatoms. The molecule has 2 aromatic carbocycles. The van der Waals surface area contributed by atoms with Crippen molar-refractivity contribution in [3.05, 3.63) is 61.4 Å². The normalized spacial score (nSPS) is 14.6. The molecule has 206 valence electrons. The van der Waals surface area contributed by atoms with Crippen LogP contribution in [0.3, 0.4) is 0 Å². The van der Waals surface area contributed by atoms with Crippen LogP contribution in [-0.4, -0.2) is 78.6 Å². The first-order valence-corrected chi connectivity index (χ1v) is 13.4. The summed E-state index contributed by atoms with van der Waals surface area (Å²) in [6.45, 7) is 11.4. The van der Waals surface area contributed by atoms with Crippen LogP contribution >= 0.6 is 0 Å². The first-order chi connectivity index (χ1) is 19.4. The first kappa shape index (κ1) is 25.9. The van der Waals surface area contributed by atoms with E-state index in [-0.39, 0.29) is 11.5 Å². The van der Waals surface area contributed by atoms with Crippen molar-refractivity contribution < 1.29 is 9.47 Å². The Balaban J connectivity index is 1.43. The van der Waals surface area contributed by atoms with Gasteiger partial charge in [0.2, 0.25) is 5.95 Å². The van der Waals surface area contributed by atoms with Crippen molar-refractivity contribution in [3.63, 3.8) is 0 Å². The molecule has 1 saturated heterocycles. The second kappa shape index (κ2) is 10.7. The Hall–Kier alpha value is -4.35. The average Bonchev–Trinajstić information content (AvgIpc) is 3.62. The Labute approximate surface area is 232 Å². The minimum atomic E-state index is -0.261. The van der Waals surface area contributed by atoms with Crippen LogP contribution in [0.4, 0.5) is 5.95 Å². The van der Waals surface area contributed by atoms with Gasteiger partial charge in [-0.05, 0) is 56.7 Å². The molecule has 5 aromatic rings. The van der Waals surface area contributed by atoms with Crippen molar-refractivity contribution in [2.75, 3.05) is 45.2 Å². The zero-order valence-electron chi connectivity index (χ0n) is 23.0. The highest BCUT2D eigenvalue weighted by atomic mass is 16.5. The van der Waals surface area contributed by atoms with Crippen LogP contribution in [0.5, 0.6) is 5.75 Å². The maximum absolute atomic E-state index is 6.24. The molecule has 2 N–H and O–H groups in total. The van der Waals surface area contributed by atoms with E-state index in [9.17, 15) is 0 Å². The third-order valence-electron chi connectivity index (χ3n) is 6.98. The van der Waals surface area contributed by atoms with Gasteiger partial charge >= 0.3 is 0 Å². The fourth-order valence-electron chi connectivity index (χ4n) is 5.04. The van der Waals surface area contributed by atoms with Gasteiger partial charge < -0.3 is 19.8 Å². The summed E-state index contributed by atoms with van der Waals surface area (Å²) in [5.74, 6) is 1.84. The molecule has 0 radical (unpaired) electrons. The maximum Gasteiger partial charge on any atom is 0.219 e. The Kier molecular flexibility index (Phi) is 6.91. The number of ether oxygens (including phenoxy) is 2. The van der Waals surface area contributed by atoms with E-state index in [4.69, 9.17) is 20.2 Å². The number of imidazole rings is 1. The molecule has 4 heterocycles. The van der Waals surface area contributed by atoms with Crippen molar-refractivity contribution in [1.29, 1.82) is 0 Å². The van der Waals surface area contributed by atoms with Crippen molar-refractivity contribution in [2.24, 2.45) is 0 Å². The van der Waals surface area contributed by atoms with Gasteiger partial charge in [0.05, 0.1) is 29.9 Å². The van der Waals surface area contributed by atoms with Gasteiger partial charge in [0.15, 0.2) is 0 Å². The Morgan fingerprint density at radius 3 is 2.52 bits per heavy atom. The topological polar surface area (TPSA) is 122 Å². The first-order valence-electron chi connectivity index (χ1n) is 13.4. The molecule has 11 nitrogen and oxygen atoms in total. The molecule has 1 aliphatic rings. The summed E-state index contributed by atoms with van der Waals surface area (Å²) in [4.78, 5) is 20.0. The highest BCUT2D eigenvalue weighted by molar-refractivity contribution is 5.87. The third kappa shape index (κ3) is 5.25. The Bertz CT molecular complexity index is 1600. The minimum Gasteiger partial charge on any atom is -0.492 e. The van der Waals surface area contributed by atoms with Crippen LogP contribution in [0.1, 0.15) is 20.8 Å². The lowest BCUT2D eigenvalue weighted by Crippen LogP contribution is -2.38. The minimum absolute atomic E-state index is 0.247. The van der Waals surface area contributed by atoms with Crippen molar-refractivity contribution in [1.82, 2.24) is 39.2 Å². The predicted octanol–water partition coefficient (Wildman–Crippen LogP) is 3.79. The highest BCUT2D eigenvalue weighted by Gasteiger charge is 2.25. The van der Waals surface area contributed by atoms with Gasteiger partial charge in [0.25, 0.3) is 0 Å². The van der Waals surface area contributed by atoms with Crippen LogP contribution in [0.2, 0.25) is 0 Å². The summed E-state index contributed by atoms with van der Waals surface area (Å²) in [6.07, 6.45) is 6.68. The van der Waals surface area contributed by atoms with Crippen molar-refractivity contribution in [3.8, 4) is 34.0 Å². The molecule has 0 spiro atoms. The molecule has 0 atom stereocenters. The second-order valence-electron chi connectivity index (χ2n) is 10.8. The van der Waals surface area contributed by atoms with Crippen LogP contribution in [-0.2, 0) is 10.3 Å². The smallest absolute Gasteiger partial charge is 0.219 e. The quantitative estimate of drug-likeness (QED) is 0.329. The molecular weight excluding hydrogens is 506 g/mol. The number of rotatable bonds is 7. The third-order valence-corrected chi connectivity index (χ3v) is 6.98. The summed E-state index contributed by atoms with van der Waals surface area (Å²) in [7, 11) is 0. The number of nitrogen functional groups attached to an aromatic ring is 1. The molecule has 0 bridgehead atoms. The number of benzene rings is 2. The molecular formula is C29H33N9O2. The van der Waals surface area contributed by atoms with Gasteiger partial charge in [-0.3, -0.25) is 4.90 Å². The van der Waals surface area contributed by atoms with Gasteiger partial charge in [-0.1, -0.05) is 6.07 Å². The lowest BCUT2D eigenvalue weighted by molar-refractivity contribution is 0.0322. The Morgan fingerprint density at radius 1 is 1.00 bits per heavy atom. The van der Waals surface area contributed by atoms with Crippen LogP contribution in [0.25, 0.3) is 39.2 Å². The van der Waals surface area contributed by atoms with E-state index < -0.39 is 0 Å². The summed E-state index contributed by atoms with van der Waals surface area (Å²) in [5, 5.41) is 4.42. The lowest BCUT2D eigenvalue weighted by atomic mass is 10.0. The van der Waals surface area contributed by atoms with E-state index in [2.05, 4.69) is 74.6 Å². The zero-order chi connectivity index (χ0) is 27.7. The van der Waals surface area contributed by atoms with Gasteiger partial charge in [-0.2, -0.15) is 5.10 Å². The fourth-order valence-corrected chi connectivity index (χ4v) is 5.04. The largest absolute Gasteiger partial charge is 0.492 e. The van der Waals surface area contributed by atoms with E-state index in [1.807, 2.05) is 12.1 Å². The second-order valence-corrected chi connectivity index (χ2v) is 10.8. The number of fused-ring (bicyclic) bond motifs is 1. The molecule has 1 aliphatic heterocycles. The van der Waals surface area contributed by atoms with Gasteiger partial charge in [-0.15, -0.1) is 0 Å². The number of hydrogen-bond acceptors (Lipinski definition) is 9. The number of aromatic nitrogens is 7. The summed E-state index contributed by atoms with van der Waals surface area (Å²) < 4.78 is 15.7. The van der Waals surface area contributed by atoms with E-state index >= 15 is 0 Å². The van der Waals surface area contributed by atoms with Crippen molar-refractivity contribution in [2.45, 2.75) is 26.3 Å². The van der Waals surface area contributed by atoms with Gasteiger partial charge in [0, 0.05) is 48.7 Å². The summed E-state index contributed by atoms with van der Waals surface area (Å²) >= 11 is 0. The SMILES string of the molecule is CC(C)(C)n1c(-c2cc(OCCN3CCOCC3)ccc2-n2cncn2)nc2cc(-c3cnc(N)nc3)ccc21. The Morgan fingerprint density at radius 2 is 1.80 bits per heavy atom. The molecule has 0 saturated carbocycles. The highest BCUT2D eigenvalue weighted by Crippen LogP contribution is 2.37. The summed E-state index contributed by atoms with van der Waals surface area (Å²) in [5.41, 5.74) is 10.9. The van der Waals surface area contributed by atoms with Crippen molar-refractivity contribution >= 4 is 17.0 Å². The van der Waals surface area contributed by atoms with Gasteiger partial charge in [0.1, 0.15) is 30.8 Å². The standard InChI is InChI=1S/C29H33N9O2/c1-29(2,3)38-26-6-4-20(21-16-32-28(30)33-17-21)14-24(26)35-27(38)23-15-22(5-7-25(23)37-19-31-18-34-37)40-13-10-36-8-11-39-12-9-36/h4-7,14-19H,8-13H2,1-3H3,(H2,30,32,33). The lowest BCUT2D eigenvalue weighted by Gasteiger charge is -2.26.